The molecule has 0 aliphatic heterocycles. The fourth-order valence-corrected chi connectivity index (χ4v) is 3.27. The molecule has 5 nitrogen and oxygen atoms in total. The molecule has 29 heavy (non-hydrogen) atoms. The Kier molecular flexibility index (Phi) is 5.20. The van der Waals surface area contributed by atoms with Crippen LogP contribution in [0.15, 0.2) is 83.7 Å². The zero-order valence-electron chi connectivity index (χ0n) is 16.0. The van der Waals surface area contributed by atoms with Crippen molar-refractivity contribution in [3.8, 4) is 0 Å². The van der Waals surface area contributed by atoms with Crippen molar-refractivity contribution < 1.29 is 9.53 Å². The first-order valence-electron chi connectivity index (χ1n) is 9.37. The fourth-order valence-electron chi connectivity index (χ4n) is 3.27. The van der Waals surface area contributed by atoms with Gasteiger partial charge in [0.2, 0.25) is 0 Å². The summed E-state index contributed by atoms with van der Waals surface area (Å²) in [5.41, 5.74) is 2.72. The van der Waals surface area contributed by atoms with Gasteiger partial charge in [0.15, 0.2) is 0 Å². The molecule has 0 fully saturated rings. The van der Waals surface area contributed by atoms with Gasteiger partial charge in [0, 0.05) is 13.5 Å². The highest BCUT2D eigenvalue weighted by molar-refractivity contribution is 5.91. The van der Waals surface area contributed by atoms with E-state index < -0.39 is 5.97 Å². The van der Waals surface area contributed by atoms with Crippen LogP contribution in [0.5, 0.6) is 0 Å². The Labute approximate surface area is 168 Å². The van der Waals surface area contributed by atoms with Gasteiger partial charge in [-0.1, -0.05) is 60.7 Å². The second kappa shape index (κ2) is 8.10. The van der Waals surface area contributed by atoms with Crippen molar-refractivity contribution in [2.45, 2.75) is 13.0 Å². The molecule has 4 aromatic rings. The zero-order chi connectivity index (χ0) is 20.2. The maximum absolute atomic E-state index is 12.7. The Balaban J connectivity index is 1.62. The summed E-state index contributed by atoms with van der Waals surface area (Å²) in [6.07, 6.45) is 0.354. The van der Waals surface area contributed by atoms with Crippen LogP contribution in [0, 0.1) is 0 Å². The summed E-state index contributed by atoms with van der Waals surface area (Å²) < 4.78 is 7.02. The van der Waals surface area contributed by atoms with Crippen molar-refractivity contribution >= 4 is 16.9 Å². The summed E-state index contributed by atoms with van der Waals surface area (Å²) >= 11 is 0. The van der Waals surface area contributed by atoms with E-state index in [0.717, 1.165) is 11.1 Å². The minimum Gasteiger partial charge on any atom is -0.457 e. The summed E-state index contributed by atoms with van der Waals surface area (Å²) in [7, 11) is 1.70. The monoisotopic (exact) mass is 384 g/mol. The van der Waals surface area contributed by atoms with Crippen molar-refractivity contribution in [3.63, 3.8) is 0 Å². The number of benzene rings is 3. The molecule has 0 unspecified atom stereocenters. The van der Waals surface area contributed by atoms with E-state index in [1.54, 1.807) is 25.2 Å². The van der Waals surface area contributed by atoms with Gasteiger partial charge in [-0.3, -0.25) is 9.36 Å². The molecule has 0 amide bonds. The highest BCUT2D eigenvalue weighted by Gasteiger charge is 2.15. The maximum atomic E-state index is 12.7. The molecule has 1 aromatic heterocycles. The summed E-state index contributed by atoms with van der Waals surface area (Å²) in [6.45, 7) is 0.209. The number of hydrogen-bond acceptors (Lipinski definition) is 4. The normalized spacial score (nSPS) is 10.8. The Hall–Kier alpha value is -3.73. The van der Waals surface area contributed by atoms with E-state index in [-0.39, 0.29) is 12.2 Å². The Morgan fingerprint density at radius 3 is 2.45 bits per heavy atom. The molecule has 0 aliphatic rings. The van der Waals surface area contributed by atoms with Crippen LogP contribution >= 0.6 is 0 Å². The Morgan fingerprint density at radius 2 is 1.62 bits per heavy atom. The van der Waals surface area contributed by atoms with E-state index in [9.17, 15) is 9.59 Å². The Bertz CT molecular complexity index is 1230. The molecule has 0 aliphatic carbocycles. The zero-order valence-corrected chi connectivity index (χ0v) is 16.0. The molecular weight excluding hydrogens is 364 g/mol. The number of carbonyl (C=O) groups excluding carboxylic acids is 1. The third-order valence-corrected chi connectivity index (χ3v) is 4.87. The lowest BCUT2D eigenvalue weighted by atomic mass is 10.0. The molecule has 5 heteroatoms. The molecule has 0 N–H and O–H groups in total. The summed E-state index contributed by atoms with van der Waals surface area (Å²) in [4.78, 5) is 30.0. The lowest BCUT2D eigenvalue weighted by Gasteiger charge is -2.12. The number of carbonyl (C=O) groups is 1. The first-order chi connectivity index (χ1) is 14.1. The lowest BCUT2D eigenvalue weighted by molar-refractivity contribution is 0.0471. The molecule has 0 saturated carbocycles. The van der Waals surface area contributed by atoms with Gasteiger partial charge in [-0.25, -0.2) is 9.78 Å². The van der Waals surface area contributed by atoms with Gasteiger partial charge in [-0.15, -0.1) is 0 Å². The standard InChI is InChI=1S/C24H20N2O3/c1-26-22(25-21-14-8-7-13-20(21)23(26)27)15-18-11-5-6-12-19(18)24(28)29-16-17-9-3-2-4-10-17/h2-14H,15-16H2,1H3. The second-order valence-corrected chi connectivity index (χ2v) is 6.81. The lowest BCUT2D eigenvalue weighted by Crippen LogP contribution is -2.23. The van der Waals surface area contributed by atoms with Crippen LogP contribution in [-0.4, -0.2) is 15.5 Å². The van der Waals surface area contributed by atoms with Crippen LogP contribution in [0.4, 0.5) is 0 Å². The molecular formula is C24H20N2O3. The van der Waals surface area contributed by atoms with Crippen LogP contribution in [0.25, 0.3) is 10.9 Å². The number of rotatable bonds is 5. The van der Waals surface area contributed by atoms with Crippen LogP contribution in [0.2, 0.25) is 0 Å². The largest absolute Gasteiger partial charge is 0.457 e. The van der Waals surface area contributed by atoms with Crippen LogP contribution in [-0.2, 0) is 24.8 Å². The third-order valence-electron chi connectivity index (χ3n) is 4.87. The predicted molar refractivity (Wildman–Crippen MR) is 112 cm³/mol. The van der Waals surface area contributed by atoms with Gasteiger partial charge in [0.05, 0.1) is 16.5 Å². The minimum absolute atomic E-state index is 0.102. The van der Waals surface area contributed by atoms with Gasteiger partial charge in [-0.05, 0) is 29.3 Å². The molecule has 3 aromatic carbocycles. The molecule has 1 heterocycles. The average molecular weight is 384 g/mol. The predicted octanol–water partition coefficient (Wildman–Crippen LogP) is 3.88. The van der Waals surface area contributed by atoms with E-state index >= 15 is 0 Å². The highest BCUT2D eigenvalue weighted by atomic mass is 16.5. The number of nitrogens with zero attached hydrogens (tertiary/aromatic N) is 2. The molecule has 0 saturated heterocycles. The number of ether oxygens (including phenoxy) is 1. The molecule has 0 radical (unpaired) electrons. The van der Waals surface area contributed by atoms with Gasteiger partial charge in [-0.2, -0.15) is 0 Å². The van der Waals surface area contributed by atoms with Crippen molar-refractivity contribution in [1.82, 2.24) is 9.55 Å². The molecule has 0 bridgehead atoms. The third kappa shape index (κ3) is 3.94. The van der Waals surface area contributed by atoms with Crippen molar-refractivity contribution in [1.29, 1.82) is 0 Å². The van der Waals surface area contributed by atoms with E-state index in [2.05, 4.69) is 4.98 Å². The minimum atomic E-state index is -0.393. The van der Waals surface area contributed by atoms with E-state index in [0.29, 0.717) is 28.7 Å². The number of fused-ring (bicyclic) bond motifs is 1. The number of aromatic nitrogens is 2. The fraction of sp³-hybridized carbons (Fsp3) is 0.125. The number of esters is 1. The SMILES string of the molecule is Cn1c(Cc2ccccc2C(=O)OCc2ccccc2)nc2ccccc2c1=O. The smallest absolute Gasteiger partial charge is 0.338 e. The average Bonchev–Trinajstić information content (AvgIpc) is 2.77. The van der Waals surface area contributed by atoms with Crippen molar-refractivity contribution in [2.24, 2.45) is 7.05 Å². The highest BCUT2D eigenvalue weighted by Crippen LogP contribution is 2.16. The summed E-state index contributed by atoms with van der Waals surface area (Å²) in [5.74, 6) is 0.201. The Morgan fingerprint density at radius 1 is 0.931 bits per heavy atom. The summed E-state index contributed by atoms with van der Waals surface area (Å²) in [6, 6.07) is 24.1. The van der Waals surface area contributed by atoms with Gasteiger partial charge < -0.3 is 4.74 Å². The van der Waals surface area contributed by atoms with Crippen LogP contribution in [0.1, 0.15) is 27.3 Å². The van der Waals surface area contributed by atoms with Gasteiger partial charge in [0.1, 0.15) is 12.4 Å². The molecule has 0 spiro atoms. The number of para-hydroxylation sites is 1. The van der Waals surface area contributed by atoms with E-state index in [1.165, 1.54) is 4.57 Å². The van der Waals surface area contributed by atoms with Crippen molar-refractivity contribution in [2.75, 3.05) is 0 Å². The van der Waals surface area contributed by atoms with E-state index in [4.69, 9.17) is 4.74 Å². The van der Waals surface area contributed by atoms with Crippen LogP contribution < -0.4 is 5.56 Å². The van der Waals surface area contributed by atoms with Crippen LogP contribution in [0.3, 0.4) is 0 Å². The quantitative estimate of drug-likeness (QED) is 0.490. The topological polar surface area (TPSA) is 61.2 Å². The molecule has 4 rings (SSSR count). The maximum Gasteiger partial charge on any atom is 0.338 e. The number of hydrogen-bond donors (Lipinski definition) is 0. The van der Waals surface area contributed by atoms with Gasteiger partial charge >= 0.3 is 5.97 Å². The molecule has 144 valence electrons. The van der Waals surface area contributed by atoms with Crippen molar-refractivity contribution in [3.05, 3.63) is 112 Å². The second-order valence-electron chi connectivity index (χ2n) is 6.81. The van der Waals surface area contributed by atoms with Gasteiger partial charge in [0.25, 0.3) is 5.56 Å². The first kappa shape index (κ1) is 18.6. The van der Waals surface area contributed by atoms with E-state index in [1.807, 2.05) is 60.7 Å². The summed E-state index contributed by atoms with van der Waals surface area (Å²) in [5, 5.41) is 0.578. The first-order valence-corrected chi connectivity index (χ1v) is 9.37. The molecule has 0 atom stereocenters.